The van der Waals surface area contributed by atoms with Gasteiger partial charge < -0.3 is 15.0 Å². The third-order valence-corrected chi connectivity index (χ3v) is 6.46. The maximum atomic E-state index is 13.1. The van der Waals surface area contributed by atoms with Gasteiger partial charge >= 0.3 is 0 Å². The molecule has 0 aliphatic carbocycles. The van der Waals surface area contributed by atoms with Gasteiger partial charge in [-0.15, -0.1) is 0 Å². The Morgan fingerprint density at radius 1 is 0.972 bits per heavy atom. The second-order valence-electron chi connectivity index (χ2n) is 8.30. The summed E-state index contributed by atoms with van der Waals surface area (Å²) in [7, 11) is 0. The molecule has 0 bridgehead atoms. The fourth-order valence-electron chi connectivity index (χ4n) is 4.35. The van der Waals surface area contributed by atoms with Crippen molar-refractivity contribution in [2.45, 2.75) is 32.5 Å². The van der Waals surface area contributed by atoms with Crippen molar-refractivity contribution in [1.29, 1.82) is 0 Å². The summed E-state index contributed by atoms with van der Waals surface area (Å²) in [6.45, 7) is 5.09. The molecule has 0 spiro atoms. The van der Waals surface area contributed by atoms with E-state index in [0.29, 0.717) is 47.0 Å². The van der Waals surface area contributed by atoms with Gasteiger partial charge in [0.25, 0.3) is 5.91 Å². The number of nitrogens with zero attached hydrogens (tertiary/aromatic N) is 5. The highest BCUT2D eigenvalue weighted by Crippen LogP contribution is 2.38. The van der Waals surface area contributed by atoms with Crippen LogP contribution in [0.2, 0.25) is 5.15 Å². The molecule has 36 heavy (non-hydrogen) atoms. The van der Waals surface area contributed by atoms with Crippen LogP contribution in [-0.2, 0) is 18.7 Å². The lowest BCUT2D eigenvalue weighted by atomic mass is 9.85. The Bertz CT molecular complexity index is 1490. The van der Waals surface area contributed by atoms with E-state index in [2.05, 4.69) is 15.4 Å². The smallest absolute Gasteiger partial charge is 0.260 e. The highest BCUT2D eigenvalue weighted by molar-refractivity contribution is 6.33. The SMILES string of the molecule is CCn1ccc(NC(=O)c2cc3c(nc2Cl)nc(C(O)(c2ccccc2)c2ccccc2)n3CC)n1. The van der Waals surface area contributed by atoms with Crippen molar-refractivity contribution in [2.75, 3.05) is 5.32 Å². The second kappa shape index (κ2) is 9.56. The summed E-state index contributed by atoms with van der Waals surface area (Å²) >= 11 is 6.44. The topological polar surface area (TPSA) is 97.9 Å². The third kappa shape index (κ3) is 4.04. The zero-order chi connectivity index (χ0) is 25.3. The van der Waals surface area contributed by atoms with Gasteiger partial charge in [0, 0.05) is 25.4 Å². The number of aliphatic hydroxyl groups is 1. The zero-order valence-electron chi connectivity index (χ0n) is 19.9. The van der Waals surface area contributed by atoms with Crippen molar-refractivity contribution in [3.8, 4) is 0 Å². The van der Waals surface area contributed by atoms with Crippen LogP contribution in [0.5, 0.6) is 0 Å². The molecule has 2 aromatic carbocycles. The Morgan fingerprint density at radius 3 is 2.17 bits per heavy atom. The van der Waals surface area contributed by atoms with Gasteiger partial charge in [-0.25, -0.2) is 9.97 Å². The first-order chi connectivity index (χ1) is 17.5. The minimum Gasteiger partial charge on any atom is -0.373 e. The fraction of sp³-hybridized carbons (Fsp3) is 0.185. The summed E-state index contributed by atoms with van der Waals surface area (Å²) in [5, 5.41) is 19.4. The quantitative estimate of drug-likeness (QED) is 0.311. The number of pyridine rings is 1. The molecule has 1 amide bonds. The number of anilines is 1. The van der Waals surface area contributed by atoms with Gasteiger partial charge in [0.1, 0.15) is 5.15 Å². The molecular weight excluding hydrogens is 476 g/mol. The molecule has 0 fully saturated rings. The first-order valence-corrected chi connectivity index (χ1v) is 12.1. The summed E-state index contributed by atoms with van der Waals surface area (Å²) < 4.78 is 3.58. The monoisotopic (exact) mass is 500 g/mol. The second-order valence-corrected chi connectivity index (χ2v) is 8.66. The van der Waals surface area contributed by atoms with E-state index in [1.807, 2.05) is 79.1 Å². The van der Waals surface area contributed by atoms with Crippen LogP contribution >= 0.6 is 11.6 Å². The zero-order valence-corrected chi connectivity index (χ0v) is 20.6. The number of carbonyl (C=O) groups excluding carboxylic acids is 1. The Hall–Kier alpha value is -4.01. The predicted molar refractivity (Wildman–Crippen MR) is 139 cm³/mol. The van der Waals surface area contributed by atoms with Gasteiger partial charge in [-0.2, -0.15) is 5.10 Å². The Kier molecular flexibility index (Phi) is 6.30. The van der Waals surface area contributed by atoms with Gasteiger partial charge in [-0.05, 0) is 31.0 Å². The molecule has 8 nitrogen and oxygen atoms in total. The normalized spacial score (nSPS) is 11.7. The molecule has 3 aromatic heterocycles. The Morgan fingerprint density at radius 2 is 1.61 bits per heavy atom. The molecule has 0 aliphatic rings. The summed E-state index contributed by atoms with van der Waals surface area (Å²) in [4.78, 5) is 22.2. The predicted octanol–water partition coefficient (Wildman–Crippen LogP) is 4.86. The van der Waals surface area contributed by atoms with Crippen LogP contribution in [0.25, 0.3) is 11.2 Å². The lowest BCUT2D eigenvalue weighted by Crippen LogP contribution is -2.32. The Labute approximate surface area is 213 Å². The van der Waals surface area contributed by atoms with E-state index in [1.165, 1.54) is 0 Å². The number of benzene rings is 2. The Balaban J connectivity index is 1.65. The highest BCUT2D eigenvalue weighted by atomic mass is 35.5. The highest BCUT2D eigenvalue weighted by Gasteiger charge is 2.39. The van der Waals surface area contributed by atoms with Crippen molar-refractivity contribution >= 4 is 34.5 Å². The number of hydrogen-bond donors (Lipinski definition) is 2. The fourth-order valence-corrected chi connectivity index (χ4v) is 4.57. The number of rotatable bonds is 7. The molecule has 0 atom stereocenters. The molecule has 182 valence electrons. The van der Waals surface area contributed by atoms with Crippen molar-refractivity contribution in [3.05, 3.63) is 107 Å². The summed E-state index contributed by atoms with van der Waals surface area (Å²) in [6.07, 6.45) is 1.78. The number of aryl methyl sites for hydroxylation is 2. The van der Waals surface area contributed by atoms with Crippen LogP contribution in [-0.4, -0.2) is 35.3 Å². The van der Waals surface area contributed by atoms with Crippen LogP contribution in [0.1, 0.15) is 41.2 Å². The van der Waals surface area contributed by atoms with Crippen LogP contribution in [0.4, 0.5) is 5.82 Å². The molecule has 3 heterocycles. The van der Waals surface area contributed by atoms with E-state index in [1.54, 1.807) is 23.0 Å². The number of carbonyl (C=O) groups is 1. The molecule has 0 radical (unpaired) electrons. The molecular formula is C27H25ClN6O2. The summed E-state index contributed by atoms with van der Waals surface area (Å²) in [6, 6.07) is 22.1. The van der Waals surface area contributed by atoms with E-state index in [0.717, 1.165) is 0 Å². The van der Waals surface area contributed by atoms with E-state index in [4.69, 9.17) is 16.6 Å². The number of aromatic nitrogens is 5. The van der Waals surface area contributed by atoms with Crippen molar-refractivity contribution in [2.24, 2.45) is 0 Å². The van der Waals surface area contributed by atoms with Crippen LogP contribution in [0.3, 0.4) is 0 Å². The van der Waals surface area contributed by atoms with Crippen LogP contribution in [0.15, 0.2) is 79.0 Å². The van der Waals surface area contributed by atoms with Gasteiger partial charge in [0.2, 0.25) is 0 Å². The number of imidazole rings is 1. The molecule has 5 aromatic rings. The van der Waals surface area contributed by atoms with Crippen LogP contribution < -0.4 is 5.32 Å². The standard InChI is InChI=1S/C27H25ClN6O2/c1-3-33-16-15-22(32-33)29-25(35)20-17-21-24(30-23(20)28)31-26(34(21)4-2)27(36,18-11-7-5-8-12-18)19-13-9-6-10-14-19/h5-17,36H,3-4H2,1-2H3,(H,29,32,35). The number of fused-ring (bicyclic) bond motifs is 1. The molecule has 9 heteroatoms. The number of nitrogens with one attached hydrogen (secondary N) is 1. The summed E-state index contributed by atoms with van der Waals surface area (Å²) in [5.41, 5.74) is 0.898. The molecule has 0 aliphatic heterocycles. The van der Waals surface area contributed by atoms with Crippen molar-refractivity contribution in [3.63, 3.8) is 0 Å². The largest absolute Gasteiger partial charge is 0.373 e. The van der Waals surface area contributed by atoms with E-state index in [9.17, 15) is 9.90 Å². The molecule has 5 rings (SSSR count). The van der Waals surface area contributed by atoms with Crippen LogP contribution in [0, 0.1) is 0 Å². The maximum absolute atomic E-state index is 13.1. The van der Waals surface area contributed by atoms with Gasteiger partial charge in [-0.3, -0.25) is 9.48 Å². The summed E-state index contributed by atoms with van der Waals surface area (Å²) in [5.74, 6) is 0.382. The van der Waals surface area contributed by atoms with Crippen molar-refractivity contribution in [1.82, 2.24) is 24.3 Å². The molecule has 0 unspecified atom stereocenters. The third-order valence-electron chi connectivity index (χ3n) is 6.17. The molecule has 0 saturated heterocycles. The maximum Gasteiger partial charge on any atom is 0.260 e. The average Bonchev–Trinajstić information content (AvgIpc) is 3.52. The minimum absolute atomic E-state index is 0.0187. The van der Waals surface area contributed by atoms with Gasteiger partial charge in [0.05, 0.1) is 11.1 Å². The van der Waals surface area contributed by atoms with E-state index in [-0.39, 0.29) is 10.7 Å². The first-order valence-electron chi connectivity index (χ1n) is 11.7. The van der Waals surface area contributed by atoms with Gasteiger partial charge in [0.15, 0.2) is 22.9 Å². The number of hydrogen-bond acceptors (Lipinski definition) is 5. The van der Waals surface area contributed by atoms with Gasteiger partial charge in [-0.1, -0.05) is 72.3 Å². The minimum atomic E-state index is -1.55. The number of amides is 1. The molecule has 0 saturated carbocycles. The average molecular weight is 501 g/mol. The lowest BCUT2D eigenvalue weighted by molar-refractivity contribution is 0.102. The van der Waals surface area contributed by atoms with Crippen molar-refractivity contribution < 1.29 is 9.90 Å². The number of halogens is 1. The van der Waals surface area contributed by atoms with E-state index < -0.39 is 11.5 Å². The first kappa shape index (κ1) is 23.7. The lowest BCUT2D eigenvalue weighted by Gasteiger charge is -2.29. The van der Waals surface area contributed by atoms with E-state index >= 15 is 0 Å². The molecule has 2 N–H and O–H groups in total.